The third-order valence-corrected chi connectivity index (χ3v) is 19.4. The van der Waals surface area contributed by atoms with Gasteiger partial charge < -0.3 is 14.2 Å². The Hall–Kier alpha value is -9.48. The van der Waals surface area contributed by atoms with Gasteiger partial charge in [0.2, 0.25) is 0 Å². The molecule has 0 N–H and O–H groups in total. The molecular formula is C69H45BF8O9S4. The Kier molecular flexibility index (Phi) is 21.3. The standard InChI is InChI=1S/C45H33O9S4.C24H12BF8/c1-52-43(49)40(46)28-4-10-31(11-5-28)55-34-16-22-37(23-17-34)58(38-24-18-35(19-25-38)56-32-12-6-29(7-13-32)41(47)44(50)53-2)39-26-20-36(21-27-39)57-33-14-8-30(9-15-33)42(48)45(51)54-3;26-16-7-1-13(2-8-16)25(14-3-9-17(27)10-4-14,15-5-11-18(28)12-6-15)19-20(29)22(31)24(33)23(32)21(19)30/h4-27H,1-3H3;1-12H/q+1;-1. The number of ketones is 3. The highest BCUT2D eigenvalue weighted by Gasteiger charge is 2.40. The number of Topliss-reactive ketones (excluding diaryl/α,β-unsaturated/α-hetero) is 3. The van der Waals surface area contributed by atoms with Gasteiger partial charge in [-0.3, -0.25) is 14.4 Å². The summed E-state index contributed by atoms with van der Waals surface area (Å²) in [6, 6.07) is 57.9. The van der Waals surface area contributed by atoms with Crippen molar-refractivity contribution in [1.29, 1.82) is 0 Å². The third-order valence-electron chi connectivity index (χ3n) is 14.1. The molecule has 91 heavy (non-hydrogen) atoms. The molecule has 0 aliphatic rings. The summed E-state index contributed by atoms with van der Waals surface area (Å²) in [4.78, 5) is 80.5. The van der Waals surface area contributed by atoms with Crippen LogP contribution in [0.3, 0.4) is 0 Å². The zero-order valence-corrected chi connectivity index (χ0v) is 51.0. The van der Waals surface area contributed by atoms with Crippen molar-refractivity contribution in [2.24, 2.45) is 0 Å². The largest absolute Gasteiger partial charge is 0.463 e. The molecule has 458 valence electrons. The summed E-state index contributed by atoms with van der Waals surface area (Å²) in [6.07, 6.45) is -3.26. The molecule has 0 atom stereocenters. The lowest BCUT2D eigenvalue weighted by Crippen LogP contribution is -2.76. The van der Waals surface area contributed by atoms with Crippen molar-refractivity contribution in [3.8, 4) is 0 Å². The van der Waals surface area contributed by atoms with E-state index in [1.807, 2.05) is 0 Å². The van der Waals surface area contributed by atoms with E-state index >= 15 is 8.78 Å². The van der Waals surface area contributed by atoms with Gasteiger partial charge in [-0.2, -0.15) is 16.4 Å². The van der Waals surface area contributed by atoms with Crippen LogP contribution in [0.1, 0.15) is 31.1 Å². The van der Waals surface area contributed by atoms with Gasteiger partial charge in [-0.15, -0.1) is 5.46 Å². The number of hydrogen-bond donors (Lipinski definition) is 0. The summed E-state index contributed by atoms with van der Waals surface area (Å²) in [6.45, 7) is 0. The first kappa shape index (κ1) is 66.0. The van der Waals surface area contributed by atoms with Crippen LogP contribution in [0.15, 0.2) is 262 Å². The molecule has 0 saturated heterocycles. The smallest absolute Gasteiger partial charge is 0.379 e. The quantitative estimate of drug-likeness (QED) is 0.00879. The SMILES string of the molecule is COC(=O)C(=O)c1ccc(Sc2ccc([S+](c3ccc(Sc4ccc(C(=O)C(=O)OC)cc4)cc3)c3ccc(Sc4ccc(C(=O)C(=O)OC)cc4)cc3)cc2)cc1.Fc1ccc([B-](c2ccc(F)cc2)(c2ccc(F)cc2)c2c(F)c(F)c(F)c(F)c2F)cc1. The molecule has 0 fully saturated rings. The monoisotopic (exact) mass is 1310 g/mol. The zero-order valence-electron chi connectivity index (χ0n) is 47.7. The number of esters is 3. The van der Waals surface area contributed by atoms with E-state index in [2.05, 4.69) is 87.0 Å². The van der Waals surface area contributed by atoms with Crippen molar-refractivity contribution >= 4 is 109 Å². The summed E-state index contributed by atoms with van der Waals surface area (Å²) in [7, 11) is 3.04. The van der Waals surface area contributed by atoms with Crippen molar-refractivity contribution in [3.63, 3.8) is 0 Å². The van der Waals surface area contributed by atoms with E-state index in [4.69, 9.17) is 0 Å². The van der Waals surface area contributed by atoms with Gasteiger partial charge in [0.25, 0.3) is 17.3 Å². The molecule has 0 aliphatic heterocycles. The predicted octanol–water partition coefficient (Wildman–Crippen LogP) is 13.5. The number of hydrogen-bond acceptors (Lipinski definition) is 12. The lowest BCUT2D eigenvalue weighted by atomic mass is 9.13. The van der Waals surface area contributed by atoms with Crippen LogP contribution in [0.25, 0.3) is 0 Å². The first-order valence-corrected chi connectivity index (χ1v) is 30.6. The van der Waals surface area contributed by atoms with Crippen LogP contribution in [-0.4, -0.2) is 62.7 Å². The van der Waals surface area contributed by atoms with Crippen molar-refractivity contribution in [2.45, 2.75) is 44.1 Å². The number of rotatable bonds is 19. The second-order valence-corrected chi connectivity index (χ2v) is 25.0. The maximum Gasteiger partial charge on any atom is 0.379 e. The summed E-state index contributed by atoms with van der Waals surface area (Å²) in [5.74, 6) is -17.9. The summed E-state index contributed by atoms with van der Waals surface area (Å²) >= 11 is 4.61. The molecule has 0 amide bonds. The molecule has 10 rings (SSSR count). The molecule has 0 heterocycles. The number of ether oxygens (including phenoxy) is 3. The van der Waals surface area contributed by atoms with E-state index in [-0.39, 0.29) is 33.1 Å². The summed E-state index contributed by atoms with van der Waals surface area (Å²) in [5, 5.41) is 0. The number of carbonyl (C=O) groups excluding carboxylic acids is 6. The second-order valence-electron chi connectivity index (χ2n) is 19.6. The molecule has 0 aliphatic carbocycles. The Morgan fingerprint density at radius 2 is 0.505 bits per heavy atom. The van der Waals surface area contributed by atoms with Gasteiger partial charge in [0.15, 0.2) is 32.1 Å². The van der Waals surface area contributed by atoms with E-state index in [0.717, 1.165) is 117 Å². The van der Waals surface area contributed by atoms with Gasteiger partial charge in [-0.05, 0) is 182 Å². The van der Waals surface area contributed by atoms with Crippen molar-refractivity contribution in [2.75, 3.05) is 21.3 Å². The lowest BCUT2D eigenvalue weighted by Gasteiger charge is -2.44. The van der Waals surface area contributed by atoms with Gasteiger partial charge >= 0.3 is 17.9 Å². The highest BCUT2D eigenvalue weighted by atomic mass is 32.2. The van der Waals surface area contributed by atoms with E-state index in [9.17, 15) is 55.1 Å². The minimum absolute atomic E-state index is 0.0437. The fourth-order valence-corrected chi connectivity index (χ4v) is 14.2. The van der Waals surface area contributed by atoms with Gasteiger partial charge in [0.1, 0.15) is 35.2 Å². The normalized spacial score (nSPS) is 11.1. The predicted molar refractivity (Wildman–Crippen MR) is 332 cm³/mol. The van der Waals surface area contributed by atoms with Gasteiger partial charge in [0.05, 0.1) is 32.2 Å². The minimum Gasteiger partial charge on any atom is -0.463 e. The second kappa shape index (κ2) is 29.4. The Morgan fingerprint density at radius 1 is 0.297 bits per heavy atom. The fourth-order valence-electron chi connectivity index (χ4n) is 9.74. The maximum atomic E-state index is 15.3. The van der Waals surface area contributed by atoms with E-state index < -0.39 is 104 Å². The zero-order chi connectivity index (χ0) is 65.1. The number of halogens is 8. The molecule has 10 aromatic carbocycles. The van der Waals surface area contributed by atoms with Crippen LogP contribution in [0.4, 0.5) is 35.1 Å². The number of benzene rings is 10. The minimum atomic E-state index is -3.26. The molecule has 10 aromatic rings. The number of carbonyl (C=O) groups is 6. The molecular weight excluding hydrogens is 1260 g/mol. The molecule has 9 nitrogen and oxygen atoms in total. The van der Waals surface area contributed by atoms with Gasteiger partial charge in [-0.1, -0.05) is 71.7 Å². The lowest BCUT2D eigenvalue weighted by molar-refractivity contribution is -0.135. The van der Waals surface area contributed by atoms with Crippen molar-refractivity contribution in [1.82, 2.24) is 0 Å². The highest BCUT2D eigenvalue weighted by Crippen LogP contribution is 2.38. The molecule has 0 spiro atoms. The molecule has 0 bridgehead atoms. The summed E-state index contributed by atoms with van der Waals surface area (Å²) < 4.78 is 128. The van der Waals surface area contributed by atoms with Crippen LogP contribution in [-0.2, 0) is 39.5 Å². The molecule has 0 saturated carbocycles. The van der Waals surface area contributed by atoms with Crippen LogP contribution in [0.2, 0.25) is 0 Å². The van der Waals surface area contributed by atoms with E-state index in [1.165, 1.54) is 56.6 Å². The van der Waals surface area contributed by atoms with Gasteiger partial charge in [0, 0.05) is 46.1 Å². The van der Waals surface area contributed by atoms with Gasteiger partial charge in [-0.25, -0.2) is 49.5 Å². The van der Waals surface area contributed by atoms with E-state index in [0.29, 0.717) is 0 Å². The Morgan fingerprint density at radius 3 is 0.725 bits per heavy atom. The first-order valence-electron chi connectivity index (χ1n) is 27.0. The average molecular weight is 1310 g/mol. The fraction of sp³-hybridized carbons (Fsp3) is 0.0435. The van der Waals surface area contributed by atoms with Crippen LogP contribution >= 0.6 is 35.3 Å². The molecule has 0 unspecified atom stereocenters. The Labute approximate surface area is 531 Å². The molecule has 0 radical (unpaired) electrons. The van der Waals surface area contributed by atoms with Crippen LogP contribution in [0.5, 0.6) is 0 Å². The van der Waals surface area contributed by atoms with Crippen molar-refractivity contribution < 1.29 is 78.1 Å². The Bertz CT molecular complexity index is 3900. The first-order chi connectivity index (χ1) is 43.7. The molecule has 22 heteroatoms. The third kappa shape index (κ3) is 14.9. The molecule has 0 aromatic heterocycles. The Balaban J connectivity index is 0.000000250. The van der Waals surface area contributed by atoms with E-state index in [1.54, 1.807) is 72.8 Å². The topological polar surface area (TPSA) is 130 Å². The highest BCUT2D eigenvalue weighted by molar-refractivity contribution is 8.00. The van der Waals surface area contributed by atoms with Crippen molar-refractivity contribution in [3.05, 3.63) is 282 Å². The number of methoxy groups -OCH3 is 3. The maximum absolute atomic E-state index is 15.3. The van der Waals surface area contributed by atoms with Crippen LogP contribution in [0, 0.1) is 46.5 Å². The van der Waals surface area contributed by atoms with Crippen LogP contribution < -0.4 is 21.9 Å². The average Bonchev–Trinajstić information content (AvgIpc) is 0.730. The summed E-state index contributed by atoms with van der Waals surface area (Å²) in [5.41, 5.74) is -0.553.